The van der Waals surface area contributed by atoms with Crippen LogP contribution in [-0.2, 0) is 6.42 Å². The largest absolute Gasteiger partial charge is 0.497 e. The molecule has 0 N–H and O–H groups in total. The van der Waals surface area contributed by atoms with Crippen LogP contribution in [0.4, 0.5) is 5.82 Å². The molecule has 6 heteroatoms. The fourth-order valence-electron chi connectivity index (χ4n) is 3.70. The van der Waals surface area contributed by atoms with E-state index in [1.807, 2.05) is 31.3 Å². The van der Waals surface area contributed by atoms with E-state index in [4.69, 9.17) is 9.26 Å². The Morgan fingerprint density at radius 3 is 2.78 bits per heavy atom. The van der Waals surface area contributed by atoms with Crippen molar-refractivity contribution in [3.8, 4) is 17.2 Å². The Kier molecular flexibility index (Phi) is 5.05. The molecule has 0 aliphatic carbocycles. The van der Waals surface area contributed by atoms with Gasteiger partial charge < -0.3 is 14.2 Å². The van der Waals surface area contributed by atoms with Crippen LogP contribution in [0.2, 0.25) is 0 Å². The van der Waals surface area contributed by atoms with Gasteiger partial charge in [0.2, 0.25) is 0 Å². The summed E-state index contributed by atoms with van der Waals surface area (Å²) in [6.45, 7) is 3.78. The molecule has 0 bridgehead atoms. The fourth-order valence-corrected chi connectivity index (χ4v) is 3.70. The number of benzene rings is 1. The highest BCUT2D eigenvalue weighted by Gasteiger charge is 2.24. The van der Waals surface area contributed by atoms with Crippen LogP contribution in [0.3, 0.4) is 0 Å². The van der Waals surface area contributed by atoms with E-state index in [1.165, 1.54) is 5.56 Å². The van der Waals surface area contributed by atoms with Gasteiger partial charge in [-0.1, -0.05) is 17.3 Å². The molecule has 0 atom stereocenters. The molecule has 0 unspecified atom stereocenters. The monoisotopic (exact) mass is 364 g/mol. The van der Waals surface area contributed by atoms with Crippen molar-refractivity contribution in [3.63, 3.8) is 0 Å². The van der Waals surface area contributed by atoms with Crippen molar-refractivity contribution in [1.29, 1.82) is 0 Å². The summed E-state index contributed by atoms with van der Waals surface area (Å²) >= 11 is 0. The Labute approximate surface area is 159 Å². The molecule has 1 aliphatic heterocycles. The molecular weight excluding hydrogens is 340 g/mol. The van der Waals surface area contributed by atoms with E-state index < -0.39 is 0 Å². The number of aryl methyl sites for hydroxylation is 1. The number of pyridine rings is 1. The Balaban J connectivity index is 1.44. The van der Waals surface area contributed by atoms with E-state index >= 15 is 0 Å². The minimum absolute atomic E-state index is 0.536. The SMILES string of the molecule is COc1cccc(CC2CCN(c3ncccc3-c3nc(C)no3)CC2)c1. The first kappa shape index (κ1) is 17.5. The molecule has 6 nitrogen and oxygen atoms in total. The van der Waals surface area contributed by atoms with Crippen LogP contribution in [0.5, 0.6) is 5.75 Å². The average molecular weight is 364 g/mol. The van der Waals surface area contributed by atoms with Gasteiger partial charge in [0, 0.05) is 19.3 Å². The lowest BCUT2D eigenvalue weighted by Gasteiger charge is -2.33. The van der Waals surface area contributed by atoms with Gasteiger partial charge in [0.15, 0.2) is 5.82 Å². The van der Waals surface area contributed by atoms with Crippen LogP contribution in [0.15, 0.2) is 47.1 Å². The molecule has 1 fully saturated rings. The summed E-state index contributed by atoms with van der Waals surface area (Å²) in [7, 11) is 1.72. The van der Waals surface area contributed by atoms with Gasteiger partial charge in [-0.15, -0.1) is 0 Å². The number of anilines is 1. The summed E-state index contributed by atoms with van der Waals surface area (Å²) in [5, 5.41) is 3.91. The van der Waals surface area contributed by atoms with E-state index in [-0.39, 0.29) is 0 Å². The predicted octanol–water partition coefficient (Wildman–Crippen LogP) is 3.91. The maximum Gasteiger partial charge on any atom is 0.261 e. The lowest BCUT2D eigenvalue weighted by Crippen LogP contribution is -2.35. The van der Waals surface area contributed by atoms with Crippen LogP contribution in [0.25, 0.3) is 11.5 Å². The zero-order valence-electron chi connectivity index (χ0n) is 15.8. The smallest absolute Gasteiger partial charge is 0.261 e. The zero-order chi connectivity index (χ0) is 18.6. The Morgan fingerprint density at radius 2 is 2.04 bits per heavy atom. The van der Waals surface area contributed by atoms with Crippen LogP contribution in [0, 0.1) is 12.8 Å². The third-order valence-corrected chi connectivity index (χ3v) is 5.12. The highest BCUT2D eigenvalue weighted by molar-refractivity contribution is 5.69. The second-order valence-electron chi connectivity index (χ2n) is 7.01. The van der Waals surface area contributed by atoms with Gasteiger partial charge in [0.25, 0.3) is 5.89 Å². The Bertz CT molecular complexity index is 900. The second-order valence-corrected chi connectivity index (χ2v) is 7.01. The van der Waals surface area contributed by atoms with Crippen molar-refractivity contribution in [2.45, 2.75) is 26.2 Å². The van der Waals surface area contributed by atoms with E-state index in [0.29, 0.717) is 17.6 Å². The quantitative estimate of drug-likeness (QED) is 0.684. The second kappa shape index (κ2) is 7.78. The van der Waals surface area contributed by atoms with Gasteiger partial charge in [-0.3, -0.25) is 0 Å². The predicted molar refractivity (Wildman–Crippen MR) is 104 cm³/mol. The van der Waals surface area contributed by atoms with E-state index in [9.17, 15) is 0 Å². The van der Waals surface area contributed by atoms with Crippen molar-refractivity contribution in [1.82, 2.24) is 15.1 Å². The number of nitrogens with zero attached hydrogens (tertiary/aromatic N) is 4. The lowest BCUT2D eigenvalue weighted by molar-refractivity contribution is 0.397. The fraction of sp³-hybridized carbons (Fsp3) is 0.381. The number of piperidine rings is 1. The molecule has 0 saturated carbocycles. The number of ether oxygens (including phenoxy) is 1. The molecular formula is C21H24N4O2. The summed E-state index contributed by atoms with van der Waals surface area (Å²) in [5.74, 6) is 3.70. The Hall–Kier alpha value is -2.89. The molecule has 140 valence electrons. The zero-order valence-corrected chi connectivity index (χ0v) is 15.8. The van der Waals surface area contributed by atoms with Crippen LogP contribution in [0.1, 0.15) is 24.2 Å². The molecule has 3 heterocycles. The lowest BCUT2D eigenvalue weighted by atomic mass is 9.90. The third kappa shape index (κ3) is 3.94. The van der Waals surface area contributed by atoms with E-state index in [0.717, 1.165) is 49.5 Å². The molecule has 1 saturated heterocycles. The number of hydrogen-bond acceptors (Lipinski definition) is 6. The van der Waals surface area contributed by atoms with Crippen LogP contribution in [-0.4, -0.2) is 35.3 Å². The van der Waals surface area contributed by atoms with Crippen molar-refractivity contribution in [2.24, 2.45) is 5.92 Å². The van der Waals surface area contributed by atoms with Crippen molar-refractivity contribution in [2.75, 3.05) is 25.1 Å². The molecule has 0 spiro atoms. The maximum absolute atomic E-state index is 5.36. The van der Waals surface area contributed by atoms with Gasteiger partial charge in [-0.2, -0.15) is 4.98 Å². The number of hydrogen-bond donors (Lipinski definition) is 0. The first-order chi connectivity index (χ1) is 13.2. The Morgan fingerprint density at radius 1 is 1.19 bits per heavy atom. The molecule has 1 aromatic carbocycles. The number of methoxy groups -OCH3 is 1. The summed E-state index contributed by atoms with van der Waals surface area (Å²) in [5.41, 5.74) is 2.25. The van der Waals surface area contributed by atoms with Gasteiger partial charge in [0.05, 0.1) is 12.7 Å². The minimum atomic E-state index is 0.536. The summed E-state index contributed by atoms with van der Waals surface area (Å²) in [6.07, 6.45) is 5.18. The first-order valence-electron chi connectivity index (χ1n) is 9.36. The standard InChI is InChI=1S/C21H24N4O2/c1-15-23-21(27-24-15)19-7-4-10-22-20(19)25-11-8-16(9-12-25)13-17-5-3-6-18(14-17)26-2/h3-7,10,14,16H,8-9,11-13H2,1-2H3. The molecule has 2 aromatic heterocycles. The maximum atomic E-state index is 5.36. The van der Waals surface area contributed by atoms with Gasteiger partial charge in [0.1, 0.15) is 11.6 Å². The molecule has 4 rings (SSSR count). The minimum Gasteiger partial charge on any atom is -0.497 e. The van der Waals surface area contributed by atoms with Crippen LogP contribution < -0.4 is 9.64 Å². The van der Waals surface area contributed by atoms with Gasteiger partial charge in [-0.25, -0.2) is 4.98 Å². The van der Waals surface area contributed by atoms with Crippen molar-refractivity contribution >= 4 is 5.82 Å². The molecule has 1 aliphatic rings. The first-order valence-corrected chi connectivity index (χ1v) is 9.36. The van der Waals surface area contributed by atoms with E-state index in [2.05, 4.69) is 38.2 Å². The third-order valence-electron chi connectivity index (χ3n) is 5.12. The highest BCUT2D eigenvalue weighted by Crippen LogP contribution is 2.31. The van der Waals surface area contributed by atoms with E-state index in [1.54, 1.807) is 7.11 Å². The summed E-state index contributed by atoms with van der Waals surface area (Å²) in [6, 6.07) is 12.3. The van der Waals surface area contributed by atoms with Crippen molar-refractivity contribution in [3.05, 3.63) is 54.0 Å². The normalized spacial score (nSPS) is 15.1. The number of rotatable bonds is 5. The molecule has 0 radical (unpaired) electrons. The van der Waals surface area contributed by atoms with Gasteiger partial charge in [-0.05, 0) is 61.9 Å². The average Bonchev–Trinajstić information content (AvgIpc) is 3.15. The topological polar surface area (TPSA) is 64.3 Å². The summed E-state index contributed by atoms with van der Waals surface area (Å²) in [4.78, 5) is 11.3. The molecule has 27 heavy (non-hydrogen) atoms. The number of aromatic nitrogens is 3. The molecule has 3 aromatic rings. The van der Waals surface area contributed by atoms with Gasteiger partial charge >= 0.3 is 0 Å². The van der Waals surface area contributed by atoms with Crippen LogP contribution >= 0.6 is 0 Å². The summed E-state index contributed by atoms with van der Waals surface area (Å²) < 4.78 is 10.7. The molecule has 0 amide bonds. The van der Waals surface area contributed by atoms with Crippen molar-refractivity contribution < 1.29 is 9.26 Å². The highest BCUT2D eigenvalue weighted by atomic mass is 16.5.